The van der Waals surface area contributed by atoms with E-state index in [1.54, 1.807) is 48.5 Å². The van der Waals surface area contributed by atoms with E-state index in [-0.39, 0.29) is 30.9 Å². The molecule has 0 spiro atoms. The number of carbonyl (C=O) groups is 2. The first-order valence-electron chi connectivity index (χ1n) is 10.1. The largest absolute Gasteiger partial charge is 0.477 e. The number of hydrogen-bond donors (Lipinski definition) is 3. The Hall–Kier alpha value is -3.63. The van der Waals surface area contributed by atoms with E-state index in [9.17, 15) is 24.9 Å². The maximum atomic E-state index is 12.4. The molecule has 2 aromatic rings. The molecule has 166 valence electrons. The lowest BCUT2D eigenvalue weighted by molar-refractivity contribution is -0.152. The van der Waals surface area contributed by atoms with E-state index in [0.29, 0.717) is 27.2 Å². The van der Waals surface area contributed by atoms with Crippen LogP contribution in [0.1, 0.15) is 53.7 Å². The first-order chi connectivity index (χ1) is 15.8. The minimum absolute atomic E-state index is 0.0172. The SMILES string of the molecule is N#Cc1ccc([C@@H](O)CC2=C(C(=O)O)N3C(=O)CC3(C[C@H](O)c3ccc(C#N)cc3)S2)cc1. The maximum Gasteiger partial charge on any atom is 0.353 e. The molecule has 2 aliphatic rings. The van der Waals surface area contributed by atoms with Gasteiger partial charge in [0, 0.05) is 17.7 Å². The van der Waals surface area contributed by atoms with Crippen LogP contribution in [-0.2, 0) is 9.59 Å². The second-order valence-electron chi connectivity index (χ2n) is 7.94. The smallest absolute Gasteiger partial charge is 0.353 e. The van der Waals surface area contributed by atoms with Crippen LogP contribution in [-0.4, -0.2) is 37.0 Å². The molecule has 8 nitrogen and oxygen atoms in total. The highest BCUT2D eigenvalue weighted by molar-refractivity contribution is 8.04. The van der Waals surface area contributed by atoms with Gasteiger partial charge in [-0.1, -0.05) is 36.0 Å². The average molecular weight is 461 g/mol. The number of amides is 1. The van der Waals surface area contributed by atoms with E-state index >= 15 is 0 Å². The number of hydrogen-bond acceptors (Lipinski definition) is 7. The number of carboxylic acids is 1. The molecule has 3 N–H and O–H groups in total. The van der Waals surface area contributed by atoms with Crippen LogP contribution in [0.3, 0.4) is 0 Å². The standard InChI is InChI=1S/C24H19N3O5S/c25-12-14-1-5-16(6-2-14)18(28)9-20-22(23(31)32)27-21(30)11-24(27,33-20)10-19(29)17-7-3-15(13-26)4-8-17/h1-8,18-19,28-29H,9-11H2,(H,31,32)/t18-,19-,24?/m0/s1. The van der Waals surface area contributed by atoms with Crippen LogP contribution in [0, 0.1) is 22.7 Å². The summed E-state index contributed by atoms with van der Waals surface area (Å²) in [6.07, 6.45) is -1.85. The molecule has 1 amide bonds. The quantitative estimate of drug-likeness (QED) is 0.534. The van der Waals surface area contributed by atoms with Crippen LogP contribution in [0.5, 0.6) is 0 Å². The average Bonchev–Trinajstić information content (AvgIpc) is 3.06. The lowest BCUT2D eigenvalue weighted by atomic mass is 9.91. The Labute approximate surface area is 194 Å². The molecule has 2 aromatic carbocycles. The summed E-state index contributed by atoms with van der Waals surface area (Å²) in [5.74, 6) is -1.62. The fourth-order valence-electron chi connectivity index (χ4n) is 4.17. The second-order valence-corrected chi connectivity index (χ2v) is 9.40. The van der Waals surface area contributed by atoms with Gasteiger partial charge in [-0.15, -0.1) is 0 Å². The molecule has 0 aliphatic carbocycles. The van der Waals surface area contributed by atoms with Crippen molar-refractivity contribution in [1.82, 2.24) is 4.90 Å². The number of thioether (sulfide) groups is 1. The van der Waals surface area contributed by atoms with Crippen LogP contribution < -0.4 is 0 Å². The zero-order valence-corrected chi connectivity index (χ0v) is 18.1. The van der Waals surface area contributed by atoms with E-state index in [1.165, 1.54) is 16.7 Å². The first kappa shape index (κ1) is 22.6. The van der Waals surface area contributed by atoms with Crippen molar-refractivity contribution >= 4 is 23.6 Å². The number of carboxylic acid groups (broad SMARTS) is 1. The number of β-lactam (4-membered cyclic amide) rings is 1. The molecule has 0 saturated carbocycles. The third kappa shape index (κ3) is 4.10. The lowest BCUT2D eigenvalue weighted by Crippen LogP contribution is -2.59. The van der Waals surface area contributed by atoms with Crippen LogP contribution >= 0.6 is 11.8 Å². The molecule has 2 aliphatic heterocycles. The third-order valence-electron chi connectivity index (χ3n) is 5.83. The number of aliphatic carboxylic acids is 1. The Balaban J connectivity index is 1.57. The van der Waals surface area contributed by atoms with Gasteiger partial charge in [-0.2, -0.15) is 10.5 Å². The second kappa shape index (κ2) is 8.72. The summed E-state index contributed by atoms with van der Waals surface area (Å²) in [4.78, 5) is 25.1. The first-order valence-corrected chi connectivity index (χ1v) is 10.9. The van der Waals surface area contributed by atoms with Crippen LogP contribution in [0.25, 0.3) is 0 Å². The summed E-state index contributed by atoms with van der Waals surface area (Å²) in [6, 6.07) is 16.8. The molecule has 9 heteroatoms. The number of benzene rings is 2. The van der Waals surface area contributed by atoms with E-state index in [1.807, 2.05) is 12.1 Å². The van der Waals surface area contributed by atoms with Crippen LogP contribution in [0.15, 0.2) is 59.1 Å². The molecular formula is C24H19N3O5S. The minimum Gasteiger partial charge on any atom is -0.477 e. The van der Waals surface area contributed by atoms with Gasteiger partial charge in [0.1, 0.15) is 10.6 Å². The summed E-state index contributed by atoms with van der Waals surface area (Å²) in [6.45, 7) is 0. The molecular weight excluding hydrogens is 442 g/mol. The highest BCUT2D eigenvalue weighted by Crippen LogP contribution is 2.59. The van der Waals surface area contributed by atoms with Crippen LogP contribution in [0.2, 0.25) is 0 Å². The summed E-state index contributed by atoms with van der Waals surface area (Å²) < 4.78 is 0. The van der Waals surface area contributed by atoms with Crippen molar-refractivity contribution in [1.29, 1.82) is 10.5 Å². The van der Waals surface area contributed by atoms with Gasteiger partial charge in [0.2, 0.25) is 5.91 Å². The van der Waals surface area contributed by atoms with Gasteiger partial charge in [-0.05, 0) is 35.4 Å². The van der Waals surface area contributed by atoms with Crippen molar-refractivity contribution in [3.63, 3.8) is 0 Å². The summed E-state index contributed by atoms with van der Waals surface area (Å²) in [5.41, 5.74) is 1.81. The van der Waals surface area contributed by atoms with Crippen molar-refractivity contribution in [2.24, 2.45) is 0 Å². The van der Waals surface area contributed by atoms with E-state index in [2.05, 4.69) is 0 Å². The summed E-state index contributed by atoms with van der Waals surface area (Å²) in [5, 5.41) is 49.2. The van der Waals surface area contributed by atoms with Gasteiger partial charge >= 0.3 is 5.97 Å². The van der Waals surface area contributed by atoms with Gasteiger partial charge in [0.15, 0.2) is 0 Å². The molecule has 0 bridgehead atoms. The molecule has 4 rings (SSSR count). The Morgan fingerprint density at radius 2 is 1.52 bits per heavy atom. The maximum absolute atomic E-state index is 12.4. The summed E-state index contributed by atoms with van der Waals surface area (Å²) in [7, 11) is 0. The fourth-order valence-corrected chi connectivity index (χ4v) is 5.87. The number of aliphatic hydroxyl groups excluding tert-OH is 2. The number of fused-ring (bicyclic) bond motifs is 1. The Kier molecular flexibility index (Phi) is 5.96. The molecule has 0 aromatic heterocycles. The molecule has 0 radical (unpaired) electrons. The number of nitrogens with zero attached hydrogens (tertiary/aromatic N) is 3. The van der Waals surface area contributed by atoms with Gasteiger partial charge in [0.05, 0.1) is 41.9 Å². The molecule has 1 saturated heterocycles. The number of nitriles is 2. The Morgan fingerprint density at radius 1 is 1.00 bits per heavy atom. The molecule has 2 heterocycles. The number of carbonyl (C=O) groups excluding carboxylic acids is 1. The zero-order valence-electron chi connectivity index (χ0n) is 17.3. The van der Waals surface area contributed by atoms with Crippen molar-refractivity contribution in [3.8, 4) is 12.1 Å². The zero-order chi connectivity index (χ0) is 23.8. The molecule has 1 unspecified atom stereocenters. The van der Waals surface area contributed by atoms with E-state index in [4.69, 9.17) is 10.5 Å². The van der Waals surface area contributed by atoms with Crippen molar-refractivity contribution in [3.05, 3.63) is 81.4 Å². The van der Waals surface area contributed by atoms with Crippen molar-refractivity contribution in [2.45, 2.75) is 36.3 Å². The van der Waals surface area contributed by atoms with Crippen molar-refractivity contribution in [2.75, 3.05) is 0 Å². The van der Waals surface area contributed by atoms with Crippen molar-refractivity contribution < 1.29 is 24.9 Å². The predicted molar refractivity (Wildman–Crippen MR) is 118 cm³/mol. The summed E-state index contributed by atoms with van der Waals surface area (Å²) >= 11 is 1.19. The van der Waals surface area contributed by atoms with Gasteiger partial charge in [0.25, 0.3) is 0 Å². The van der Waals surface area contributed by atoms with E-state index < -0.39 is 23.0 Å². The van der Waals surface area contributed by atoms with Gasteiger partial charge < -0.3 is 15.3 Å². The molecule has 3 atom stereocenters. The lowest BCUT2D eigenvalue weighted by Gasteiger charge is -2.47. The topological polar surface area (TPSA) is 146 Å². The molecule has 33 heavy (non-hydrogen) atoms. The predicted octanol–water partition coefficient (Wildman–Crippen LogP) is 2.95. The Morgan fingerprint density at radius 3 is 1.97 bits per heavy atom. The monoisotopic (exact) mass is 461 g/mol. The molecule has 1 fully saturated rings. The fraction of sp³-hybridized carbons (Fsp3) is 0.250. The van der Waals surface area contributed by atoms with E-state index in [0.717, 1.165) is 0 Å². The highest BCUT2D eigenvalue weighted by Gasteiger charge is 2.60. The minimum atomic E-state index is -1.27. The Bertz CT molecular complexity index is 1230. The number of aliphatic hydroxyl groups is 2. The highest BCUT2D eigenvalue weighted by atomic mass is 32.2. The van der Waals surface area contributed by atoms with Gasteiger partial charge in [-0.3, -0.25) is 9.69 Å². The van der Waals surface area contributed by atoms with Gasteiger partial charge in [-0.25, -0.2) is 4.79 Å². The number of rotatable bonds is 7. The third-order valence-corrected chi connectivity index (χ3v) is 7.31. The normalized spacial score (nSPS) is 21.0. The van der Waals surface area contributed by atoms with Crippen LogP contribution in [0.4, 0.5) is 0 Å².